The fourth-order valence-electron chi connectivity index (χ4n) is 3.45. The van der Waals surface area contributed by atoms with Crippen LogP contribution in [0, 0.1) is 0 Å². The van der Waals surface area contributed by atoms with E-state index in [1.54, 1.807) is 19.3 Å². The molecule has 2 N–H and O–H groups in total. The number of hydrogen-bond donors (Lipinski definition) is 1. The average Bonchev–Trinajstić information content (AvgIpc) is 2.92. The summed E-state index contributed by atoms with van der Waals surface area (Å²) in [5.41, 5.74) is 8.15. The number of methoxy groups -OCH3 is 4. The van der Waals surface area contributed by atoms with Crippen LogP contribution < -0.4 is 33.6 Å². The third-order valence-corrected chi connectivity index (χ3v) is 9.69. The molecule has 1 aliphatic rings. The number of benzene rings is 2. The molecule has 1 unspecified atom stereocenters. The second-order valence-electron chi connectivity index (χ2n) is 9.34. The molecule has 2 aromatic carbocycles. The fourth-order valence-corrected chi connectivity index (χ4v) is 4.28. The van der Waals surface area contributed by atoms with Gasteiger partial charge in [-0.3, -0.25) is 0 Å². The SMILES string of the molecule is COc1ccc(C2=CC(N)C(=O)Oc3c2cc(OC)c(OC)c3OC)cc1OS(C)(C)C(C)(C)C. The average molecular weight is 506 g/mol. The van der Waals surface area contributed by atoms with Crippen LogP contribution in [0.4, 0.5) is 0 Å². The quantitative estimate of drug-likeness (QED) is 0.432. The standard InChI is InChI=1S/C26H35NO7S/c1-26(2,3)35(8,9)34-20-12-15(10-11-19(20)29-4)16-13-18(27)25(28)33-22-17(16)14-21(30-5)23(31-6)24(22)32-7/h10-14,18H,27H2,1-9H3. The number of hydrogen-bond acceptors (Lipinski definition) is 8. The van der Waals surface area contributed by atoms with Crippen LogP contribution in [-0.2, 0) is 4.79 Å². The van der Waals surface area contributed by atoms with E-state index in [9.17, 15) is 4.79 Å². The highest BCUT2D eigenvalue weighted by Gasteiger charge is 2.33. The largest absolute Gasteiger partial charge is 0.493 e. The van der Waals surface area contributed by atoms with Crippen LogP contribution in [0.15, 0.2) is 30.3 Å². The van der Waals surface area contributed by atoms with Gasteiger partial charge in [0.1, 0.15) is 6.04 Å². The number of rotatable bonds is 7. The monoisotopic (exact) mass is 505 g/mol. The van der Waals surface area contributed by atoms with Crippen LogP contribution >= 0.6 is 10.3 Å². The molecule has 8 nitrogen and oxygen atoms in total. The summed E-state index contributed by atoms with van der Waals surface area (Å²) in [4.78, 5) is 12.7. The van der Waals surface area contributed by atoms with Crippen molar-refractivity contribution in [3.8, 4) is 34.5 Å². The smallest absolute Gasteiger partial charge is 0.332 e. The Morgan fingerprint density at radius 3 is 2.06 bits per heavy atom. The Bertz CT molecular complexity index is 1150. The predicted molar refractivity (Wildman–Crippen MR) is 140 cm³/mol. The van der Waals surface area contributed by atoms with Gasteiger partial charge in [0, 0.05) is 10.3 Å². The van der Waals surface area contributed by atoms with E-state index >= 15 is 0 Å². The zero-order chi connectivity index (χ0) is 26.1. The minimum Gasteiger partial charge on any atom is -0.493 e. The van der Waals surface area contributed by atoms with Gasteiger partial charge >= 0.3 is 5.97 Å². The summed E-state index contributed by atoms with van der Waals surface area (Å²) in [6, 6.07) is 6.35. The van der Waals surface area contributed by atoms with Gasteiger partial charge in [0.15, 0.2) is 23.0 Å². The van der Waals surface area contributed by atoms with Gasteiger partial charge in [-0.25, -0.2) is 4.79 Å². The lowest BCUT2D eigenvalue weighted by Crippen LogP contribution is -2.31. The predicted octanol–water partition coefficient (Wildman–Crippen LogP) is 4.56. The molecule has 1 heterocycles. The van der Waals surface area contributed by atoms with E-state index < -0.39 is 22.3 Å². The van der Waals surface area contributed by atoms with Gasteiger partial charge in [0.2, 0.25) is 11.5 Å². The van der Waals surface area contributed by atoms with Crippen molar-refractivity contribution >= 4 is 21.9 Å². The molecule has 0 radical (unpaired) electrons. The maximum atomic E-state index is 12.7. The van der Waals surface area contributed by atoms with Gasteiger partial charge in [-0.1, -0.05) is 16.4 Å². The summed E-state index contributed by atoms with van der Waals surface area (Å²) < 4.78 is 34.3. The Morgan fingerprint density at radius 1 is 0.886 bits per heavy atom. The molecule has 0 saturated heterocycles. The highest BCUT2D eigenvalue weighted by Crippen LogP contribution is 2.56. The normalized spacial score (nSPS) is 16.3. The topological polar surface area (TPSA) is 98.5 Å². The Balaban J connectivity index is 2.27. The van der Waals surface area contributed by atoms with E-state index in [-0.39, 0.29) is 16.2 Å². The number of nitrogens with two attached hydrogens (primary N) is 1. The molecule has 0 saturated carbocycles. The van der Waals surface area contributed by atoms with E-state index in [0.29, 0.717) is 34.1 Å². The first-order chi connectivity index (χ1) is 16.4. The summed E-state index contributed by atoms with van der Waals surface area (Å²) >= 11 is 0. The van der Waals surface area contributed by atoms with Gasteiger partial charge in [-0.05, 0) is 68.7 Å². The van der Waals surface area contributed by atoms with E-state index in [0.717, 1.165) is 5.56 Å². The summed E-state index contributed by atoms with van der Waals surface area (Å²) in [5.74, 6) is 1.76. The maximum Gasteiger partial charge on any atom is 0.332 e. The molecule has 0 amide bonds. The van der Waals surface area contributed by atoms with Crippen LogP contribution in [0.25, 0.3) is 5.57 Å². The Morgan fingerprint density at radius 2 is 1.51 bits per heavy atom. The van der Waals surface area contributed by atoms with Crippen LogP contribution in [-0.4, -0.2) is 57.7 Å². The van der Waals surface area contributed by atoms with Crippen molar-refractivity contribution in [1.82, 2.24) is 0 Å². The van der Waals surface area contributed by atoms with Gasteiger partial charge in [0.05, 0.1) is 28.4 Å². The van der Waals surface area contributed by atoms with Crippen LogP contribution in [0.5, 0.6) is 34.5 Å². The van der Waals surface area contributed by atoms with Crippen molar-refractivity contribution in [1.29, 1.82) is 0 Å². The molecular weight excluding hydrogens is 470 g/mol. The number of carbonyl (C=O) groups excluding carboxylic acids is 1. The molecule has 2 aromatic rings. The van der Waals surface area contributed by atoms with E-state index in [4.69, 9.17) is 33.6 Å². The van der Waals surface area contributed by atoms with Gasteiger partial charge in [0.25, 0.3) is 0 Å². The highest BCUT2D eigenvalue weighted by atomic mass is 32.3. The van der Waals surface area contributed by atoms with E-state index in [2.05, 4.69) is 33.3 Å². The van der Waals surface area contributed by atoms with Crippen molar-refractivity contribution in [2.24, 2.45) is 5.73 Å². The number of carbonyl (C=O) groups is 1. The molecule has 3 rings (SSSR count). The summed E-state index contributed by atoms with van der Waals surface area (Å²) in [5, 5.41) is 0. The Hall–Kier alpha value is -3.04. The van der Waals surface area contributed by atoms with Crippen LogP contribution in [0.3, 0.4) is 0 Å². The third kappa shape index (κ3) is 5.01. The van der Waals surface area contributed by atoms with Crippen molar-refractivity contribution in [3.63, 3.8) is 0 Å². The van der Waals surface area contributed by atoms with Crippen molar-refractivity contribution < 1.29 is 32.7 Å². The van der Waals surface area contributed by atoms with Crippen molar-refractivity contribution in [3.05, 3.63) is 41.5 Å². The molecular formula is C26H35NO7S. The van der Waals surface area contributed by atoms with Crippen molar-refractivity contribution in [2.75, 3.05) is 41.0 Å². The lowest BCUT2D eigenvalue weighted by atomic mass is 9.94. The summed E-state index contributed by atoms with van der Waals surface area (Å²) in [6.07, 6.45) is 5.89. The number of ether oxygens (including phenoxy) is 5. The third-order valence-electron chi connectivity index (χ3n) is 6.14. The minimum atomic E-state index is -1.51. The van der Waals surface area contributed by atoms with E-state index in [1.807, 2.05) is 18.2 Å². The maximum absolute atomic E-state index is 12.7. The van der Waals surface area contributed by atoms with Crippen molar-refractivity contribution in [2.45, 2.75) is 31.6 Å². The zero-order valence-corrected chi connectivity index (χ0v) is 22.6. The molecule has 0 bridgehead atoms. The lowest BCUT2D eigenvalue weighted by molar-refractivity contribution is -0.134. The molecule has 1 atom stereocenters. The lowest BCUT2D eigenvalue weighted by Gasteiger charge is -2.44. The van der Waals surface area contributed by atoms with Crippen LogP contribution in [0.1, 0.15) is 31.9 Å². The Labute approximate surface area is 208 Å². The summed E-state index contributed by atoms with van der Waals surface area (Å²) in [6.45, 7) is 6.45. The van der Waals surface area contributed by atoms with Crippen LogP contribution in [0.2, 0.25) is 0 Å². The van der Waals surface area contributed by atoms with E-state index in [1.165, 1.54) is 21.3 Å². The molecule has 0 aromatic heterocycles. The molecule has 35 heavy (non-hydrogen) atoms. The first-order valence-electron chi connectivity index (χ1n) is 11.0. The summed E-state index contributed by atoms with van der Waals surface area (Å²) in [7, 11) is 4.58. The zero-order valence-electron chi connectivity index (χ0n) is 21.8. The first kappa shape index (κ1) is 26.6. The second kappa shape index (κ2) is 9.91. The fraction of sp³-hybridized carbons (Fsp3) is 0.423. The minimum absolute atomic E-state index is 0.0674. The molecule has 0 aliphatic carbocycles. The molecule has 0 fully saturated rings. The first-order valence-corrected chi connectivity index (χ1v) is 13.4. The van der Waals surface area contributed by atoms with Gasteiger partial charge < -0.3 is 33.6 Å². The molecule has 0 spiro atoms. The second-order valence-corrected chi connectivity index (χ2v) is 13.2. The number of fused-ring (bicyclic) bond motifs is 1. The van der Waals surface area contributed by atoms with Gasteiger partial charge in [-0.15, -0.1) is 0 Å². The highest BCUT2D eigenvalue weighted by molar-refractivity contribution is 8.30. The van der Waals surface area contributed by atoms with Gasteiger partial charge in [-0.2, -0.15) is 0 Å². The number of esters is 1. The Kier molecular flexibility index (Phi) is 7.52. The molecule has 1 aliphatic heterocycles. The molecule has 9 heteroatoms. The molecule has 192 valence electrons.